The molecule has 0 unspecified atom stereocenters. The van der Waals surface area contributed by atoms with Crippen LogP contribution < -0.4 is 10.4 Å². The molecular weight excluding hydrogens is 527 g/mol. The minimum atomic E-state index is -3.66. The smallest absolute Gasteiger partial charge is 0.243 e. The van der Waals surface area contributed by atoms with Crippen molar-refractivity contribution in [2.45, 2.75) is 37.5 Å². The van der Waals surface area contributed by atoms with Crippen LogP contribution in [0, 0.1) is 11.7 Å². The molecule has 5 rings (SSSR count). The van der Waals surface area contributed by atoms with Gasteiger partial charge in [-0.2, -0.15) is 4.31 Å². The third-order valence-corrected chi connectivity index (χ3v) is 9.86. The highest BCUT2D eigenvalue weighted by molar-refractivity contribution is 7.89. The van der Waals surface area contributed by atoms with E-state index < -0.39 is 10.0 Å². The molecular formula is C31H39FN4O3S. The lowest BCUT2D eigenvalue weighted by Crippen LogP contribution is -2.42. The molecule has 0 saturated heterocycles. The van der Waals surface area contributed by atoms with Gasteiger partial charge < -0.3 is 15.1 Å². The van der Waals surface area contributed by atoms with Gasteiger partial charge in [-0.25, -0.2) is 12.8 Å². The fourth-order valence-electron chi connectivity index (χ4n) is 5.61. The number of benzene rings is 2. The standard InChI is InChI=1S/C31H39FN4O3S/c1-31(2,3)23-6-12-26(13-7-23)40(37,38)35-15-14-22-18-30-27(19-33-36(30)25-10-8-24(32)9-11-25)29(28(22)21-35)20-34(4)16-17-39-5/h6-13,18-19,29,33H,14-17,20-21H2,1-5H3/t29-/m1/s1. The molecule has 2 heterocycles. The topological polar surface area (TPSA) is 65.1 Å². The summed E-state index contributed by atoms with van der Waals surface area (Å²) in [6.07, 6.45) is 4.78. The lowest BCUT2D eigenvalue weighted by atomic mass is 9.79. The van der Waals surface area contributed by atoms with Crippen molar-refractivity contribution < 1.29 is 17.5 Å². The molecule has 0 spiro atoms. The Bertz CT molecular complexity index is 1440. The largest absolute Gasteiger partial charge is 0.383 e. The predicted molar refractivity (Wildman–Crippen MR) is 157 cm³/mol. The third-order valence-electron chi connectivity index (χ3n) is 8.00. The van der Waals surface area contributed by atoms with Crippen molar-refractivity contribution >= 4 is 15.7 Å². The zero-order chi connectivity index (χ0) is 28.7. The molecule has 0 amide bonds. The molecule has 2 aliphatic heterocycles. The first-order valence-corrected chi connectivity index (χ1v) is 15.2. The highest BCUT2D eigenvalue weighted by Gasteiger charge is 2.39. The summed E-state index contributed by atoms with van der Waals surface area (Å²) in [7, 11) is 0.0968. The summed E-state index contributed by atoms with van der Waals surface area (Å²) in [6.45, 7) is 9.22. The SMILES string of the molecule is COCCN(C)C[C@@H]1C2=CNN(c3ccc(F)cc3)C2=CC2=C1CN(S(=O)(=O)c1ccc(C(C)(C)C)cc1)CC2. The monoisotopic (exact) mass is 566 g/mol. The van der Waals surface area contributed by atoms with Crippen molar-refractivity contribution in [2.75, 3.05) is 52.0 Å². The lowest BCUT2D eigenvalue weighted by molar-refractivity contribution is 0.157. The van der Waals surface area contributed by atoms with Crippen LogP contribution in [-0.2, 0) is 20.2 Å². The van der Waals surface area contributed by atoms with Crippen LogP contribution in [0.4, 0.5) is 10.1 Å². The molecule has 0 fully saturated rings. The number of fused-ring (bicyclic) bond motifs is 1. The Morgan fingerprint density at radius 1 is 1.10 bits per heavy atom. The summed E-state index contributed by atoms with van der Waals surface area (Å²) < 4.78 is 48.1. The second-order valence-corrected chi connectivity index (χ2v) is 13.7. The van der Waals surface area contributed by atoms with Gasteiger partial charge in [-0.15, -0.1) is 0 Å². The Kier molecular flexibility index (Phi) is 7.94. The van der Waals surface area contributed by atoms with E-state index in [1.54, 1.807) is 35.7 Å². The number of nitrogens with one attached hydrogen (secondary N) is 1. The van der Waals surface area contributed by atoms with E-state index >= 15 is 0 Å². The van der Waals surface area contributed by atoms with Gasteiger partial charge in [0.15, 0.2) is 0 Å². The molecule has 9 heteroatoms. The lowest BCUT2D eigenvalue weighted by Gasteiger charge is -2.38. The van der Waals surface area contributed by atoms with E-state index in [0.717, 1.165) is 41.2 Å². The predicted octanol–water partition coefficient (Wildman–Crippen LogP) is 4.81. The number of nitrogens with zero attached hydrogens (tertiary/aromatic N) is 3. The average molecular weight is 567 g/mol. The summed E-state index contributed by atoms with van der Waals surface area (Å²) in [5.41, 5.74) is 9.66. The Balaban J connectivity index is 1.47. The number of likely N-dealkylation sites (N-methyl/N-ethyl adjacent to an activating group) is 1. The van der Waals surface area contributed by atoms with Crippen LogP contribution in [0.3, 0.4) is 0 Å². The molecule has 1 N–H and O–H groups in total. The van der Waals surface area contributed by atoms with Crippen LogP contribution >= 0.6 is 0 Å². The number of halogens is 1. The van der Waals surface area contributed by atoms with E-state index in [1.165, 1.54) is 17.7 Å². The quantitative estimate of drug-likeness (QED) is 0.495. The number of allylic oxidation sites excluding steroid dienone is 2. The van der Waals surface area contributed by atoms with Crippen LogP contribution in [0.5, 0.6) is 0 Å². The maximum Gasteiger partial charge on any atom is 0.243 e. The number of rotatable bonds is 8. The molecule has 0 bridgehead atoms. The van der Waals surface area contributed by atoms with Gasteiger partial charge in [0, 0.05) is 51.0 Å². The Hall–Kier alpha value is -2.98. The summed E-state index contributed by atoms with van der Waals surface area (Å²) in [4.78, 5) is 2.55. The summed E-state index contributed by atoms with van der Waals surface area (Å²) in [5.74, 6) is -0.283. The highest BCUT2D eigenvalue weighted by atomic mass is 32.2. The summed E-state index contributed by atoms with van der Waals surface area (Å²) >= 11 is 0. The molecule has 2 aromatic carbocycles. The van der Waals surface area contributed by atoms with Crippen molar-refractivity contribution in [1.29, 1.82) is 0 Å². The number of sulfonamides is 1. The van der Waals surface area contributed by atoms with Crippen molar-refractivity contribution in [2.24, 2.45) is 5.92 Å². The second kappa shape index (κ2) is 11.1. The molecule has 1 aliphatic carbocycles. The molecule has 2 aromatic rings. The van der Waals surface area contributed by atoms with Gasteiger partial charge in [-0.05, 0) is 78.1 Å². The van der Waals surface area contributed by atoms with Gasteiger partial charge in [-0.3, -0.25) is 5.01 Å². The normalized spacial score (nSPS) is 19.8. The van der Waals surface area contributed by atoms with Crippen molar-refractivity contribution in [1.82, 2.24) is 14.6 Å². The number of hydrogen-bond donors (Lipinski definition) is 1. The van der Waals surface area contributed by atoms with E-state index in [2.05, 4.69) is 44.2 Å². The van der Waals surface area contributed by atoms with Crippen molar-refractivity contribution in [3.63, 3.8) is 0 Å². The van der Waals surface area contributed by atoms with E-state index in [4.69, 9.17) is 4.74 Å². The number of methoxy groups -OCH3 is 1. The molecule has 1 atom stereocenters. The van der Waals surface area contributed by atoms with E-state index in [-0.39, 0.29) is 17.2 Å². The molecule has 0 aromatic heterocycles. The summed E-state index contributed by atoms with van der Waals surface area (Å²) in [5, 5.41) is 1.97. The first-order chi connectivity index (χ1) is 19.0. The first-order valence-electron chi connectivity index (χ1n) is 13.7. The maximum absolute atomic E-state index is 13.8. The zero-order valence-electron chi connectivity index (χ0n) is 23.9. The average Bonchev–Trinajstić information content (AvgIpc) is 3.35. The van der Waals surface area contributed by atoms with Crippen LogP contribution in [-0.4, -0.2) is 64.6 Å². The van der Waals surface area contributed by atoms with E-state index in [9.17, 15) is 12.8 Å². The Morgan fingerprint density at radius 3 is 2.45 bits per heavy atom. The van der Waals surface area contributed by atoms with E-state index in [0.29, 0.717) is 31.0 Å². The first kappa shape index (κ1) is 28.5. The van der Waals surface area contributed by atoms with Gasteiger partial charge in [0.2, 0.25) is 10.0 Å². The van der Waals surface area contributed by atoms with Gasteiger partial charge in [0.25, 0.3) is 0 Å². The maximum atomic E-state index is 13.8. The molecule has 40 heavy (non-hydrogen) atoms. The second-order valence-electron chi connectivity index (χ2n) is 11.8. The zero-order valence-corrected chi connectivity index (χ0v) is 24.8. The highest BCUT2D eigenvalue weighted by Crippen LogP contribution is 2.43. The van der Waals surface area contributed by atoms with Crippen LogP contribution in [0.1, 0.15) is 32.8 Å². The molecule has 0 saturated carbocycles. The van der Waals surface area contributed by atoms with Crippen LogP contribution in [0.15, 0.2) is 88.1 Å². The number of hydrazine groups is 1. The minimum Gasteiger partial charge on any atom is -0.383 e. The fraction of sp³-hybridized carbons (Fsp3) is 0.419. The molecule has 214 valence electrons. The molecule has 0 radical (unpaired) electrons. The Morgan fingerprint density at radius 2 is 1.80 bits per heavy atom. The minimum absolute atomic E-state index is 0.00364. The van der Waals surface area contributed by atoms with Gasteiger partial charge >= 0.3 is 0 Å². The van der Waals surface area contributed by atoms with Gasteiger partial charge in [0.1, 0.15) is 5.82 Å². The van der Waals surface area contributed by atoms with Gasteiger partial charge in [-0.1, -0.05) is 32.9 Å². The summed E-state index contributed by atoms with van der Waals surface area (Å²) in [6, 6.07) is 13.7. The fourth-order valence-corrected chi connectivity index (χ4v) is 7.02. The van der Waals surface area contributed by atoms with Crippen molar-refractivity contribution in [3.8, 4) is 0 Å². The van der Waals surface area contributed by atoms with E-state index in [1.807, 2.05) is 23.3 Å². The number of ether oxygens (including phenoxy) is 1. The Labute approximate surface area is 237 Å². The van der Waals surface area contributed by atoms with Crippen LogP contribution in [0.25, 0.3) is 0 Å². The molecule has 7 nitrogen and oxygen atoms in total. The number of anilines is 1. The van der Waals surface area contributed by atoms with Crippen LogP contribution in [0.2, 0.25) is 0 Å². The van der Waals surface area contributed by atoms with Gasteiger partial charge in [0.05, 0.1) is 22.9 Å². The molecule has 3 aliphatic rings. The third kappa shape index (κ3) is 5.61. The van der Waals surface area contributed by atoms with Crippen molar-refractivity contribution in [3.05, 3.63) is 94.6 Å². The number of hydrogen-bond acceptors (Lipinski definition) is 6.